The Morgan fingerprint density at radius 3 is 2.46 bits per heavy atom. The van der Waals surface area contributed by atoms with Crippen molar-refractivity contribution in [3.8, 4) is 0 Å². The summed E-state index contributed by atoms with van der Waals surface area (Å²) in [6.45, 7) is 3.92. The molecule has 2 aliphatic heterocycles. The van der Waals surface area contributed by atoms with Gasteiger partial charge in [0.15, 0.2) is 0 Å². The number of anilines is 2. The van der Waals surface area contributed by atoms with Gasteiger partial charge in [-0.1, -0.05) is 23.7 Å². The quantitative estimate of drug-likeness (QED) is 0.491. The van der Waals surface area contributed by atoms with Crippen LogP contribution in [0.4, 0.5) is 15.8 Å². The lowest BCUT2D eigenvalue weighted by Crippen LogP contribution is -2.46. The number of piperidine rings is 1. The van der Waals surface area contributed by atoms with Crippen LogP contribution in [0.3, 0.4) is 0 Å². The molecule has 1 unspecified atom stereocenters. The van der Waals surface area contributed by atoms with Crippen molar-refractivity contribution in [2.24, 2.45) is 0 Å². The van der Waals surface area contributed by atoms with Crippen LogP contribution in [0.1, 0.15) is 60.1 Å². The van der Waals surface area contributed by atoms with Crippen LogP contribution in [0.25, 0.3) is 10.9 Å². The van der Waals surface area contributed by atoms with Crippen LogP contribution in [0.15, 0.2) is 41.3 Å². The van der Waals surface area contributed by atoms with E-state index in [1.54, 1.807) is 4.57 Å². The highest BCUT2D eigenvalue weighted by molar-refractivity contribution is 6.38. The van der Waals surface area contributed by atoms with Crippen molar-refractivity contribution in [3.63, 3.8) is 0 Å². The molecule has 2 saturated heterocycles. The smallest absolute Gasteiger partial charge is 0.341 e. The SMILES string of the molecule is O=C(O)c1cn(C2CC2)c2c(Cl)c(N3CCNC(c4ccc(N5CCCCC5)cc4)C3)c(F)cc2c1=O. The third-order valence-corrected chi connectivity index (χ3v) is 8.22. The Hall–Kier alpha value is -3.10. The highest BCUT2D eigenvalue weighted by atomic mass is 35.5. The largest absolute Gasteiger partial charge is 0.477 e. The molecular weight excluding hydrogens is 495 g/mol. The molecule has 3 aromatic rings. The van der Waals surface area contributed by atoms with E-state index in [0.717, 1.165) is 37.6 Å². The van der Waals surface area contributed by atoms with E-state index in [9.17, 15) is 14.7 Å². The molecular formula is C28H30ClFN4O3. The first-order chi connectivity index (χ1) is 17.9. The van der Waals surface area contributed by atoms with Crippen LogP contribution < -0.4 is 20.5 Å². The van der Waals surface area contributed by atoms with Crippen molar-refractivity contribution in [1.29, 1.82) is 0 Å². The number of carboxylic acid groups (broad SMARTS) is 1. The van der Waals surface area contributed by atoms with Gasteiger partial charge in [-0.3, -0.25) is 4.79 Å². The molecule has 2 N–H and O–H groups in total. The second-order valence-electron chi connectivity index (χ2n) is 10.3. The van der Waals surface area contributed by atoms with E-state index in [1.807, 2.05) is 4.90 Å². The lowest BCUT2D eigenvalue weighted by atomic mass is 10.0. The molecule has 6 rings (SSSR count). The maximum atomic E-state index is 15.6. The van der Waals surface area contributed by atoms with Gasteiger partial charge >= 0.3 is 5.97 Å². The van der Waals surface area contributed by atoms with Crippen LogP contribution in [0.5, 0.6) is 0 Å². The molecule has 3 heterocycles. The molecule has 3 fully saturated rings. The molecule has 7 nitrogen and oxygen atoms in total. The average Bonchev–Trinajstić information content (AvgIpc) is 3.75. The molecule has 1 aromatic heterocycles. The summed E-state index contributed by atoms with van der Waals surface area (Å²) in [4.78, 5) is 28.9. The number of pyridine rings is 1. The van der Waals surface area contributed by atoms with E-state index in [0.29, 0.717) is 25.2 Å². The predicted octanol–water partition coefficient (Wildman–Crippen LogP) is 4.97. The summed E-state index contributed by atoms with van der Waals surface area (Å²) in [5.41, 5.74) is 1.97. The van der Waals surface area contributed by atoms with Crippen LogP contribution in [0.2, 0.25) is 5.02 Å². The molecule has 1 aliphatic carbocycles. The van der Waals surface area contributed by atoms with Crippen molar-refractivity contribution in [1.82, 2.24) is 9.88 Å². The van der Waals surface area contributed by atoms with E-state index in [2.05, 4.69) is 34.5 Å². The monoisotopic (exact) mass is 524 g/mol. The molecule has 1 atom stereocenters. The van der Waals surface area contributed by atoms with Gasteiger partial charge in [-0.25, -0.2) is 9.18 Å². The molecule has 0 spiro atoms. The number of nitrogens with zero attached hydrogens (tertiary/aromatic N) is 3. The molecule has 3 aliphatic rings. The van der Waals surface area contributed by atoms with Gasteiger partial charge in [0.25, 0.3) is 0 Å². The number of aromatic nitrogens is 1. The maximum absolute atomic E-state index is 15.6. The number of hydrogen-bond acceptors (Lipinski definition) is 5. The predicted molar refractivity (Wildman–Crippen MR) is 144 cm³/mol. The zero-order valence-electron chi connectivity index (χ0n) is 20.6. The van der Waals surface area contributed by atoms with Gasteiger partial charge in [0.05, 0.1) is 21.6 Å². The van der Waals surface area contributed by atoms with Gasteiger partial charge in [-0.2, -0.15) is 0 Å². The van der Waals surface area contributed by atoms with Crippen LogP contribution in [-0.2, 0) is 0 Å². The van der Waals surface area contributed by atoms with E-state index < -0.39 is 17.2 Å². The highest BCUT2D eigenvalue weighted by Crippen LogP contribution is 2.42. The van der Waals surface area contributed by atoms with Gasteiger partial charge < -0.3 is 24.8 Å². The lowest BCUT2D eigenvalue weighted by molar-refractivity contribution is 0.0695. The van der Waals surface area contributed by atoms with Crippen molar-refractivity contribution in [3.05, 3.63) is 68.7 Å². The van der Waals surface area contributed by atoms with E-state index >= 15 is 4.39 Å². The van der Waals surface area contributed by atoms with Gasteiger partial charge in [0.2, 0.25) is 5.43 Å². The summed E-state index contributed by atoms with van der Waals surface area (Å²) < 4.78 is 17.3. The first-order valence-corrected chi connectivity index (χ1v) is 13.4. The minimum Gasteiger partial charge on any atom is -0.477 e. The van der Waals surface area contributed by atoms with Crippen LogP contribution in [0, 0.1) is 5.82 Å². The Balaban J connectivity index is 1.33. The molecule has 2 aromatic carbocycles. The van der Waals surface area contributed by atoms with Crippen LogP contribution in [-0.4, -0.2) is 48.4 Å². The average molecular weight is 525 g/mol. The number of halogens is 2. The number of piperazine rings is 1. The van der Waals surface area contributed by atoms with Crippen molar-refractivity contribution in [2.75, 3.05) is 42.5 Å². The second kappa shape index (κ2) is 9.65. The standard InChI is InChI=1S/C28H30ClFN4O3/c29-24-25-20(27(35)21(28(36)37)15-34(25)19-8-9-19)14-22(30)26(24)33-13-10-31-23(16-33)17-4-6-18(7-5-17)32-11-2-1-3-12-32/h4-7,14-15,19,23,31H,1-3,8-13,16H2,(H,36,37). The Morgan fingerprint density at radius 2 is 1.78 bits per heavy atom. The van der Waals surface area contributed by atoms with Gasteiger partial charge in [0.1, 0.15) is 11.4 Å². The molecule has 9 heteroatoms. The second-order valence-corrected chi connectivity index (χ2v) is 10.7. The van der Waals surface area contributed by atoms with Crippen molar-refractivity contribution < 1.29 is 14.3 Å². The molecule has 0 amide bonds. The summed E-state index contributed by atoms with van der Waals surface area (Å²) in [6.07, 6.45) is 6.84. The van der Waals surface area contributed by atoms with Crippen molar-refractivity contribution >= 4 is 39.8 Å². The number of benzene rings is 2. The minimum absolute atomic E-state index is 0.00432. The number of nitrogens with one attached hydrogen (secondary N) is 1. The Labute approximate surface area is 219 Å². The normalized spacial score (nSPS) is 20.4. The first kappa shape index (κ1) is 24.2. The fourth-order valence-corrected chi connectivity index (χ4v) is 6.17. The Morgan fingerprint density at radius 1 is 1.05 bits per heavy atom. The lowest BCUT2D eigenvalue weighted by Gasteiger charge is -2.36. The van der Waals surface area contributed by atoms with Crippen LogP contribution >= 0.6 is 11.6 Å². The maximum Gasteiger partial charge on any atom is 0.341 e. The summed E-state index contributed by atoms with van der Waals surface area (Å²) >= 11 is 6.85. The minimum atomic E-state index is -1.32. The highest BCUT2D eigenvalue weighted by Gasteiger charge is 2.31. The number of aromatic carboxylic acids is 1. The summed E-state index contributed by atoms with van der Waals surface area (Å²) in [5, 5.41) is 13.2. The molecule has 194 valence electrons. The van der Waals surface area contributed by atoms with E-state index in [-0.39, 0.29) is 33.7 Å². The first-order valence-electron chi connectivity index (χ1n) is 13.1. The number of hydrogen-bond donors (Lipinski definition) is 2. The fraction of sp³-hybridized carbons (Fsp3) is 0.429. The van der Waals surface area contributed by atoms with Gasteiger partial charge in [-0.05, 0) is 55.9 Å². The topological polar surface area (TPSA) is 77.8 Å². The summed E-state index contributed by atoms with van der Waals surface area (Å²) in [6, 6.07) is 9.83. The zero-order valence-corrected chi connectivity index (χ0v) is 21.3. The molecule has 1 saturated carbocycles. The van der Waals surface area contributed by atoms with E-state index in [4.69, 9.17) is 11.6 Å². The Kier molecular flexibility index (Phi) is 6.32. The molecule has 37 heavy (non-hydrogen) atoms. The summed E-state index contributed by atoms with van der Waals surface area (Å²) in [5.74, 6) is -1.93. The van der Waals surface area contributed by atoms with Gasteiger partial charge in [0, 0.05) is 56.7 Å². The number of carbonyl (C=O) groups is 1. The van der Waals surface area contributed by atoms with Crippen molar-refractivity contribution in [2.45, 2.75) is 44.2 Å². The third kappa shape index (κ3) is 4.46. The Bertz CT molecular complexity index is 1410. The third-order valence-electron chi connectivity index (χ3n) is 7.86. The molecule has 0 radical (unpaired) electrons. The number of fused-ring (bicyclic) bond motifs is 1. The molecule has 0 bridgehead atoms. The fourth-order valence-electron chi connectivity index (χ4n) is 5.76. The van der Waals surface area contributed by atoms with Gasteiger partial charge in [-0.15, -0.1) is 0 Å². The summed E-state index contributed by atoms with van der Waals surface area (Å²) in [7, 11) is 0. The van der Waals surface area contributed by atoms with E-state index in [1.165, 1.54) is 31.1 Å². The number of rotatable bonds is 5. The zero-order chi connectivity index (χ0) is 25.7. The number of carboxylic acids is 1.